The Balaban J connectivity index is 1.91. The van der Waals surface area contributed by atoms with E-state index < -0.39 is 0 Å². The highest BCUT2D eigenvalue weighted by Gasteiger charge is 2.15. The molecule has 3 rings (SSSR count). The molecule has 0 unspecified atom stereocenters. The molecule has 0 bridgehead atoms. The first-order chi connectivity index (χ1) is 11.3. The van der Waals surface area contributed by atoms with Crippen LogP contribution in [-0.4, -0.2) is 12.6 Å². The van der Waals surface area contributed by atoms with E-state index in [-0.39, 0.29) is 6.03 Å². The fraction of sp³-hybridized carbons (Fsp3) is 0.0500. The molecule has 0 aromatic heterocycles. The number of anilines is 2. The van der Waals surface area contributed by atoms with Gasteiger partial charge in [-0.2, -0.15) is 0 Å². The summed E-state index contributed by atoms with van der Waals surface area (Å²) < 4.78 is 0. The number of nitrogens with zero attached hydrogens (tertiary/aromatic N) is 1. The van der Waals surface area contributed by atoms with Gasteiger partial charge in [-0.3, -0.25) is 4.90 Å². The first-order valence-electron chi connectivity index (χ1n) is 7.52. The summed E-state index contributed by atoms with van der Waals surface area (Å²) in [7, 11) is 0. The van der Waals surface area contributed by atoms with Gasteiger partial charge in [-0.25, -0.2) is 4.79 Å². The Morgan fingerprint density at radius 3 is 2.43 bits per heavy atom. The van der Waals surface area contributed by atoms with Crippen LogP contribution >= 0.6 is 0 Å². The largest absolute Gasteiger partial charge is 0.326 e. The maximum Gasteiger partial charge on any atom is 0.326 e. The molecule has 1 N–H and O–H groups in total. The second-order valence-electron chi connectivity index (χ2n) is 5.19. The zero-order chi connectivity index (χ0) is 16.1. The van der Waals surface area contributed by atoms with Crippen molar-refractivity contribution in [2.45, 2.75) is 0 Å². The molecule has 3 heteroatoms. The summed E-state index contributed by atoms with van der Waals surface area (Å²) in [6.45, 7) is 4.19. The normalized spacial score (nSPS) is 10.3. The van der Waals surface area contributed by atoms with Crippen LogP contribution in [0.5, 0.6) is 0 Å². The molecule has 2 amide bonds. The van der Waals surface area contributed by atoms with E-state index in [4.69, 9.17) is 0 Å². The molecule has 0 heterocycles. The lowest BCUT2D eigenvalue weighted by molar-refractivity contribution is 0.257. The van der Waals surface area contributed by atoms with Crippen LogP contribution in [-0.2, 0) is 0 Å². The molecular weight excluding hydrogens is 284 g/mol. The molecular formula is C20H18N2O. The highest BCUT2D eigenvalue weighted by atomic mass is 16.2. The number of carbonyl (C=O) groups is 1. The van der Waals surface area contributed by atoms with Crippen LogP contribution in [0.15, 0.2) is 85.5 Å². The molecule has 0 spiro atoms. The van der Waals surface area contributed by atoms with Crippen molar-refractivity contribution in [3.63, 3.8) is 0 Å². The number of nitrogens with one attached hydrogen (secondary N) is 1. The summed E-state index contributed by atoms with van der Waals surface area (Å²) >= 11 is 0. The summed E-state index contributed by atoms with van der Waals surface area (Å²) in [4.78, 5) is 14.4. The smallest absolute Gasteiger partial charge is 0.307 e. The van der Waals surface area contributed by atoms with Gasteiger partial charge < -0.3 is 5.32 Å². The van der Waals surface area contributed by atoms with Crippen molar-refractivity contribution >= 4 is 28.2 Å². The number of amides is 2. The summed E-state index contributed by atoms with van der Waals surface area (Å²) in [5, 5.41) is 5.13. The number of hydrogen-bond donors (Lipinski definition) is 1. The Bertz CT molecular complexity index is 822. The molecule has 0 saturated heterocycles. The van der Waals surface area contributed by atoms with Crippen LogP contribution in [0, 0.1) is 0 Å². The van der Waals surface area contributed by atoms with Crippen molar-refractivity contribution in [3.05, 3.63) is 85.5 Å². The van der Waals surface area contributed by atoms with Crippen molar-refractivity contribution in [2.24, 2.45) is 0 Å². The highest BCUT2D eigenvalue weighted by Crippen LogP contribution is 2.24. The van der Waals surface area contributed by atoms with Crippen LogP contribution in [0.25, 0.3) is 10.8 Å². The van der Waals surface area contributed by atoms with E-state index in [1.807, 2.05) is 72.8 Å². The van der Waals surface area contributed by atoms with Crippen molar-refractivity contribution in [3.8, 4) is 0 Å². The predicted octanol–water partition coefficient (Wildman–Crippen LogP) is 5.06. The molecule has 23 heavy (non-hydrogen) atoms. The highest BCUT2D eigenvalue weighted by molar-refractivity contribution is 6.07. The van der Waals surface area contributed by atoms with Gasteiger partial charge in [0.1, 0.15) is 0 Å². The lowest BCUT2D eigenvalue weighted by Gasteiger charge is -2.22. The van der Waals surface area contributed by atoms with E-state index in [1.54, 1.807) is 11.0 Å². The predicted molar refractivity (Wildman–Crippen MR) is 97.0 cm³/mol. The average molecular weight is 302 g/mol. The van der Waals surface area contributed by atoms with Crippen LogP contribution in [0.3, 0.4) is 0 Å². The molecule has 0 fully saturated rings. The summed E-state index contributed by atoms with van der Waals surface area (Å²) in [6, 6.07) is 23.3. The Kier molecular flexibility index (Phi) is 4.39. The van der Waals surface area contributed by atoms with E-state index in [9.17, 15) is 4.79 Å². The minimum atomic E-state index is -0.174. The monoisotopic (exact) mass is 302 g/mol. The van der Waals surface area contributed by atoms with E-state index in [0.717, 1.165) is 22.1 Å². The lowest BCUT2D eigenvalue weighted by Crippen LogP contribution is -2.35. The third-order valence-electron chi connectivity index (χ3n) is 3.66. The molecule has 0 saturated carbocycles. The molecule has 0 aliphatic carbocycles. The molecule has 0 radical (unpaired) electrons. The standard InChI is InChI=1S/C20H18N2O/c1-2-15-22(17-11-4-3-5-12-17)20(23)21-19-14-8-10-16-9-6-7-13-18(16)19/h2-14H,1,15H2,(H,21,23). The number of rotatable bonds is 4. The topological polar surface area (TPSA) is 32.3 Å². The third kappa shape index (κ3) is 3.24. The molecule has 3 aromatic carbocycles. The molecule has 0 aliphatic heterocycles. The van der Waals surface area contributed by atoms with Gasteiger partial charge >= 0.3 is 6.03 Å². The summed E-state index contributed by atoms with van der Waals surface area (Å²) in [6.07, 6.45) is 1.72. The Morgan fingerprint density at radius 1 is 0.957 bits per heavy atom. The molecule has 0 atom stereocenters. The molecule has 0 aliphatic rings. The average Bonchev–Trinajstić information content (AvgIpc) is 2.60. The Morgan fingerprint density at radius 2 is 1.65 bits per heavy atom. The van der Waals surface area contributed by atoms with Gasteiger partial charge in [-0.05, 0) is 23.6 Å². The number of urea groups is 1. The van der Waals surface area contributed by atoms with Gasteiger partial charge in [-0.1, -0.05) is 60.7 Å². The first kappa shape index (κ1) is 14.9. The molecule has 3 nitrogen and oxygen atoms in total. The van der Waals surface area contributed by atoms with Crippen molar-refractivity contribution < 1.29 is 4.79 Å². The van der Waals surface area contributed by atoms with Crippen LogP contribution in [0.4, 0.5) is 16.2 Å². The Labute approximate surface area is 135 Å². The van der Waals surface area contributed by atoms with E-state index in [2.05, 4.69) is 11.9 Å². The summed E-state index contributed by atoms with van der Waals surface area (Å²) in [5.74, 6) is 0. The second-order valence-corrected chi connectivity index (χ2v) is 5.19. The van der Waals surface area contributed by atoms with Gasteiger partial charge in [0.05, 0.1) is 5.69 Å². The van der Waals surface area contributed by atoms with Crippen molar-refractivity contribution in [1.29, 1.82) is 0 Å². The molecule has 3 aromatic rings. The fourth-order valence-corrected chi connectivity index (χ4v) is 2.56. The minimum Gasteiger partial charge on any atom is -0.307 e. The number of benzene rings is 3. The van der Waals surface area contributed by atoms with Gasteiger partial charge in [0.15, 0.2) is 0 Å². The molecule has 114 valence electrons. The maximum absolute atomic E-state index is 12.7. The van der Waals surface area contributed by atoms with Crippen molar-refractivity contribution in [2.75, 3.05) is 16.8 Å². The zero-order valence-electron chi connectivity index (χ0n) is 12.8. The minimum absolute atomic E-state index is 0.174. The van der Waals surface area contributed by atoms with E-state index in [0.29, 0.717) is 6.54 Å². The van der Waals surface area contributed by atoms with Gasteiger partial charge in [-0.15, -0.1) is 6.58 Å². The first-order valence-corrected chi connectivity index (χ1v) is 7.52. The van der Waals surface area contributed by atoms with Crippen LogP contribution in [0.2, 0.25) is 0 Å². The fourth-order valence-electron chi connectivity index (χ4n) is 2.56. The number of para-hydroxylation sites is 1. The second kappa shape index (κ2) is 6.79. The van der Waals surface area contributed by atoms with Gasteiger partial charge in [0, 0.05) is 17.6 Å². The van der Waals surface area contributed by atoms with Gasteiger partial charge in [0.25, 0.3) is 0 Å². The number of carbonyl (C=O) groups excluding carboxylic acids is 1. The van der Waals surface area contributed by atoms with Crippen LogP contribution < -0.4 is 10.2 Å². The summed E-state index contributed by atoms with van der Waals surface area (Å²) in [5.41, 5.74) is 1.64. The lowest BCUT2D eigenvalue weighted by atomic mass is 10.1. The van der Waals surface area contributed by atoms with E-state index in [1.165, 1.54) is 0 Å². The number of hydrogen-bond acceptors (Lipinski definition) is 1. The van der Waals surface area contributed by atoms with Crippen LogP contribution in [0.1, 0.15) is 0 Å². The number of fused-ring (bicyclic) bond motifs is 1. The quantitative estimate of drug-likeness (QED) is 0.671. The maximum atomic E-state index is 12.7. The van der Waals surface area contributed by atoms with E-state index >= 15 is 0 Å². The third-order valence-corrected chi connectivity index (χ3v) is 3.66. The zero-order valence-corrected chi connectivity index (χ0v) is 12.8. The van der Waals surface area contributed by atoms with Gasteiger partial charge in [0.2, 0.25) is 0 Å². The Hall–Kier alpha value is -3.07. The van der Waals surface area contributed by atoms with Crippen molar-refractivity contribution in [1.82, 2.24) is 0 Å². The SMILES string of the molecule is C=CCN(C(=O)Nc1cccc2ccccc12)c1ccccc1.